The number of H-pyrrole nitrogens is 1. The molecule has 3 aromatic rings. The Morgan fingerprint density at radius 3 is 2.56 bits per heavy atom. The van der Waals surface area contributed by atoms with Crippen molar-refractivity contribution in [2.75, 3.05) is 17.2 Å². The number of rotatable bonds is 7. The summed E-state index contributed by atoms with van der Waals surface area (Å²) in [5.41, 5.74) is 10.2. The van der Waals surface area contributed by atoms with Crippen molar-refractivity contribution in [1.82, 2.24) is 9.36 Å². The molecule has 1 saturated carbocycles. The summed E-state index contributed by atoms with van der Waals surface area (Å²) in [6, 6.07) is 7.50. The number of aryl methyl sites for hydroxylation is 3. The van der Waals surface area contributed by atoms with Crippen molar-refractivity contribution < 1.29 is 4.79 Å². The van der Waals surface area contributed by atoms with Crippen LogP contribution >= 0.6 is 11.5 Å². The number of aromatic nitrogens is 2. The van der Waals surface area contributed by atoms with Crippen LogP contribution in [-0.4, -0.2) is 27.6 Å². The molecule has 0 unspecified atom stereocenters. The van der Waals surface area contributed by atoms with E-state index < -0.39 is 0 Å². The van der Waals surface area contributed by atoms with E-state index in [1.54, 1.807) is 6.20 Å². The van der Waals surface area contributed by atoms with E-state index in [4.69, 9.17) is 5.73 Å². The molecule has 2 heterocycles. The van der Waals surface area contributed by atoms with Crippen molar-refractivity contribution in [3.05, 3.63) is 68.6 Å². The number of carbonyl (C=O) groups excluding carboxylic acids is 1. The van der Waals surface area contributed by atoms with Gasteiger partial charge in [0, 0.05) is 24.0 Å². The normalized spacial score (nSPS) is 14.4. The number of amidine groups is 1. The molecular formula is C25H30N6O2S. The maximum Gasteiger partial charge on any atom is 0.271 e. The zero-order valence-corrected chi connectivity index (χ0v) is 20.5. The minimum Gasteiger partial charge on any atom is -0.383 e. The monoisotopic (exact) mass is 478 g/mol. The van der Waals surface area contributed by atoms with Gasteiger partial charge in [0.1, 0.15) is 22.2 Å². The molecule has 4 rings (SSSR count). The van der Waals surface area contributed by atoms with Crippen molar-refractivity contribution in [1.29, 1.82) is 0 Å². The van der Waals surface area contributed by atoms with Gasteiger partial charge in [-0.2, -0.15) is 0 Å². The Balaban J connectivity index is 1.54. The molecule has 34 heavy (non-hydrogen) atoms. The molecule has 2 aromatic heterocycles. The van der Waals surface area contributed by atoms with Crippen LogP contribution in [0.4, 0.5) is 16.5 Å². The lowest BCUT2D eigenvalue weighted by Crippen LogP contribution is -2.23. The molecule has 0 spiro atoms. The van der Waals surface area contributed by atoms with Gasteiger partial charge in [-0.3, -0.25) is 19.0 Å². The summed E-state index contributed by atoms with van der Waals surface area (Å²) in [5, 5.41) is 6.80. The van der Waals surface area contributed by atoms with Crippen molar-refractivity contribution >= 4 is 39.8 Å². The Hall–Kier alpha value is -3.46. The number of hydrogen-bond donors (Lipinski definition) is 4. The third-order valence-corrected chi connectivity index (χ3v) is 7.01. The molecular weight excluding hydrogens is 448 g/mol. The fourth-order valence-corrected chi connectivity index (χ4v) is 5.20. The predicted octanol–water partition coefficient (Wildman–Crippen LogP) is 4.65. The molecule has 0 aliphatic heterocycles. The number of hydrogen-bond acceptors (Lipinski definition) is 6. The number of pyridine rings is 1. The van der Waals surface area contributed by atoms with Crippen LogP contribution in [0.1, 0.15) is 58.3 Å². The average molecular weight is 479 g/mol. The number of aliphatic imine (C=N–C) groups is 1. The van der Waals surface area contributed by atoms with Gasteiger partial charge in [0.2, 0.25) is 0 Å². The fraction of sp³-hybridized carbons (Fsp3) is 0.360. The maximum atomic E-state index is 13.0. The Labute approximate surface area is 202 Å². The van der Waals surface area contributed by atoms with Gasteiger partial charge in [-0.05, 0) is 86.0 Å². The first kappa shape index (κ1) is 23.7. The topological polar surface area (TPSA) is 125 Å². The van der Waals surface area contributed by atoms with E-state index in [9.17, 15) is 9.59 Å². The smallest absolute Gasteiger partial charge is 0.271 e. The summed E-state index contributed by atoms with van der Waals surface area (Å²) in [6.45, 7) is 6.32. The van der Waals surface area contributed by atoms with Gasteiger partial charge in [0.25, 0.3) is 11.5 Å². The first-order valence-electron chi connectivity index (χ1n) is 11.5. The Bertz CT molecular complexity index is 1260. The molecule has 1 aliphatic rings. The largest absolute Gasteiger partial charge is 0.383 e. The highest BCUT2D eigenvalue weighted by atomic mass is 32.1. The molecule has 178 valence electrons. The lowest BCUT2D eigenvalue weighted by atomic mass is 10.0. The standard InChI is InChI=1S/C25H30N6O2S/c1-14-7-6-10-27-22(14)30-23(32)19-15(2)11-18(12-16(19)3)29-25-20(24(33)31-34-25)21(26)28-13-17-8-4-5-9-17/h6-7,10-12,17,29H,4-5,8-9,13H2,1-3H3,(H2,26,28)(H,31,33)(H,27,30,32). The van der Waals surface area contributed by atoms with Crippen LogP contribution in [0.25, 0.3) is 0 Å². The second-order valence-electron chi connectivity index (χ2n) is 8.85. The number of nitrogens with zero attached hydrogens (tertiary/aromatic N) is 2. The maximum absolute atomic E-state index is 13.0. The fourth-order valence-electron chi connectivity index (χ4n) is 4.43. The van der Waals surface area contributed by atoms with Crippen LogP contribution in [0, 0.1) is 26.7 Å². The molecule has 8 nitrogen and oxygen atoms in total. The van der Waals surface area contributed by atoms with Crippen molar-refractivity contribution in [2.24, 2.45) is 16.6 Å². The molecule has 1 aromatic carbocycles. The Morgan fingerprint density at radius 1 is 1.18 bits per heavy atom. The van der Waals surface area contributed by atoms with E-state index in [0.717, 1.165) is 22.4 Å². The molecule has 0 saturated heterocycles. The van der Waals surface area contributed by atoms with Crippen LogP contribution in [-0.2, 0) is 0 Å². The van der Waals surface area contributed by atoms with Crippen LogP contribution in [0.3, 0.4) is 0 Å². The van der Waals surface area contributed by atoms with Gasteiger partial charge in [-0.15, -0.1) is 0 Å². The molecule has 1 amide bonds. The third-order valence-electron chi connectivity index (χ3n) is 6.21. The minimum absolute atomic E-state index is 0.210. The third kappa shape index (κ3) is 5.20. The zero-order chi connectivity index (χ0) is 24.2. The van der Waals surface area contributed by atoms with Gasteiger partial charge in [0.15, 0.2) is 0 Å². The van der Waals surface area contributed by atoms with Crippen molar-refractivity contribution in [3.63, 3.8) is 0 Å². The number of aromatic amines is 1. The van der Waals surface area contributed by atoms with E-state index in [1.807, 2.05) is 45.0 Å². The summed E-state index contributed by atoms with van der Waals surface area (Å²) in [5.74, 6) is 1.14. The van der Waals surface area contributed by atoms with Gasteiger partial charge in [-0.1, -0.05) is 18.9 Å². The van der Waals surface area contributed by atoms with E-state index in [0.29, 0.717) is 34.4 Å². The summed E-state index contributed by atoms with van der Waals surface area (Å²) in [7, 11) is 0. The molecule has 1 fully saturated rings. The summed E-state index contributed by atoms with van der Waals surface area (Å²) >= 11 is 1.19. The van der Waals surface area contributed by atoms with E-state index in [-0.39, 0.29) is 17.3 Å². The second kappa shape index (κ2) is 10.2. The Kier molecular flexibility index (Phi) is 7.12. The average Bonchev–Trinajstić information content (AvgIpc) is 3.43. The van der Waals surface area contributed by atoms with Crippen molar-refractivity contribution in [2.45, 2.75) is 46.5 Å². The summed E-state index contributed by atoms with van der Waals surface area (Å²) < 4.78 is 2.75. The zero-order valence-electron chi connectivity index (χ0n) is 19.7. The SMILES string of the molecule is Cc1cccnc1NC(=O)c1c(C)cc(Nc2s[nH]c(=O)c2C(N)=NCC2CCCC2)cc1C. The van der Waals surface area contributed by atoms with Crippen LogP contribution in [0.2, 0.25) is 0 Å². The highest BCUT2D eigenvalue weighted by Crippen LogP contribution is 2.28. The predicted molar refractivity (Wildman–Crippen MR) is 139 cm³/mol. The molecule has 9 heteroatoms. The quantitative estimate of drug-likeness (QED) is 0.291. The minimum atomic E-state index is -0.254. The number of anilines is 3. The molecule has 5 N–H and O–H groups in total. The Morgan fingerprint density at radius 2 is 1.88 bits per heavy atom. The number of carbonyl (C=O) groups is 1. The van der Waals surface area contributed by atoms with Crippen molar-refractivity contribution in [3.8, 4) is 0 Å². The number of benzene rings is 1. The van der Waals surface area contributed by atoms with E-state index in [1.165, 1.54) is 37.2 Å². The van der Waals surface area contributed by atoms with Gasteiger partial charge in [0.05, 0.1) is 0 Å². The van der Waals surface area contributed by atoms with Crippen LogP contribution in [0.15, 0.2) is 40.2 Å². The number of nitrogens with one attached hydrogen (secondary N) is 3. The summed E-state index contributed by atoms with van der Waals surface area (Å²) in [4.78, 5) is 34.2. The van der Waals surface area contributed by atoms with E-state index >= 15 is 0 Å². The molecule has 1 aliphatic carbocycles. The van der Waals surface area contributed by atoms with Gasteiger partial charge < -0.3 is 16.4 Å². The van der Waals surface area contributed by atoms with Gasteiger partial charge in [-0.25, -0.2) is 4.98 Å². The van der Waals surface area contributed by atoms with E-state index in [2.05, 4.69) is 25.0 Å². The molecule has 0 bridgehead atoms. The second-order valence-corrected chi connectivity index (χ2v) is 9.66. The lowest BCUT2D eigenvalue weighted by molar-refractivity contribution is 0.102. The number of amides is 1. The lowest BCUT2D eigenvalue weighted by Gasteiger charge is -2.14. The van der Waals surface area contributed by atoms with Crippen LogP contribution < -0.4 is 21.9 Å². The highest BCUT2D eigenvalue weighted by molar-refractivity contribution is 7.10. The first-order valence-corrected chi connectivity index (χ1v) is 12.3. The van der Waals surface area contributed by atoms with Gasteiger partial charge >= 0.3 is 0 Å². The first-order chi connectivity index (χ1) is 16.3. The van der Waals surface area contributed by atoms with Crippen LogP contribution in [0.5, 0.6) is 0 Å². The molecule has 0 atom stereocenters. The number of nitrogens with two attached hydrogens (primary N) is 1. The summed E-state index contributed by atoms with van der Waals surface area (Å²) in [6.07, 6.45) is 6.46. The molecule has 0 radical (unpaired) electrons. The highest BCUT2D eigenvalue weighted by Gasteiger charge is 2.19.